The Morgan fingerprint density at radius 3 is 2.62 bits per heavy atom. The first-order valence-electron chi connectivity index (χ1n) is 8.73. The first kappa shape index (κ1) is 21.7. The molecule has 0 bridgehead atoms. The zero-order valence-electron chi connectivity index (χ0n) is 15.4. The van der Waals surface area contributed by atoms with E-state index in [1.54, 1.807) is 18.2 Å². The molecule has 29 heavy (non-hydrogen) atoms. The number of sulfonamides is 1. The molecule has 6 nitrogen and oxygen atoms in total. The Bertz CT molecular complexity index is 1000. The summed E-state index contributed by atoms with van der Waals surface area (Å²) in [4.78, 5) is 12.5. The quantitative estimate of drug-likeness (QED) is 0.677. The standard InChI is InChI=1S/C19H19BrF2N2O4S/c1-28-16-7-12(6-13(20)8-16)10-23-19(25)18-9-15(22)11-24(18)29(26,27)17-4-2-14(21)3-5-17/h2-8,15,18H,9-11H2,1H3,(H,23,25)/t15-,18+/m1/s1. The molecule has 1 heterocycles. The number of nitrogens with one attached hydrogen (secondary N) is 1. The highest BCUT2D eigenvalue weighted by atomic mass is 79.9. The lowest BCUT2D eigenvalue weighted by atomic mass is 10.2. The van der Waals surface area contributed by atoms with Crippen LogP contribution in [0, 0.1) is 5.82 Å². The van der Waals surface area contributed by atoms with Crippen LogP contribution in [0.25, 0.3) is 0 Å². The maximum atomic E-state index is 14.0. The molecule has 2 aromatic rings. The maximum Gasteiger partial charge on any atom is 0.243 e. The number of methoxy groups -OCH3 is 1. The molecule has 1 saturated heterocycles. The van der Waals surface area contributed by atoms with E-state index in [9.17, 15) is 22.0 Å². The predicted octanol–water partition coefficient (Wildman–Crippen LogP) is 3.01. The monoisotopic (exact) mass is 488 g/mol. The van der Waals surface area contributed by atoms with Gasteiger partial charge in [0.25, 0.3) is 0 Å². The summed E-state index contributed by atoms with van der Waals surface area (Å²) < 4.78 is 59.6. The van der Waals surface area contributed by atoms with Crippen molar-refractivity contribution in [3.8, 4) is 5.75 Å². The van der Waals surface area contributed by atoms with Crippen LogP contribution in [0.2, 0.25) is 0 Å². The number of amides is 1. The molecular formula is C19H19BrF2N2O4S. The molecule has 0 unspecified atom stereocenters. The molecule has 2 atom stereocenters. The van der Waals surface area contributed by atoms with Crippen molar-refractivity contribution >= 4 is 31.9 Å². The third-order valence-electron chi connectivity index (χ3n) is 4.56. The summed E-state index contributed by atoms with van der Waals surface area (Å²) >= 11 is 3.35. The zero-order valence-corrected chi connectivity index (χ0v) is 17.8. The summed E-state index contributed by atoms with van der Waals surface area (Å²) in [5, 5.41) is 2.65. The second kappa shape index (κ2) is 8.76. The number of rotatable bonds is 6. The first-order chi connectivity index (χ1) is 13.7. The van der Waals surface area contributed by atoms with Gasteiger partial charge in [-0.1, -0.05) is 15.9 Å². The maximum absolute atomic E-state index is 14.0. The largest absolute Gasteiger partial charge is 0.497 e. The Kier molecular flexibility index (Phi) is 6.55. The van der Waals surface area contributed by atoms with Gasteiger partial charge in [0, 0.05) is 24.0 Å². The SMILES string of the molecule is COc1cc(Br)cc(CNC(=O)[C@@H]2C[C@@H](F)CN2S(=O)(=O)c2ccc(F)cc2)c1. The number of halogens is 3. The van der Waals surface area contributed by atoms with Gasteiger partial charge in [-0.2, -0.15) is 4.31 Å². The van der Waals surface area contributed by atoms with Crippen molar-refractivity contribution in [2.75, 3.05) is 13.7 Å². The van der Waals surface area contributed by atoms with Crippen LogP contribution in [0.15, 0.2) is 51.8 Å². The van der Waals surface area contributed by atoms with Gasteiger partial charge in [0.1, 0.15) is 23.8 Å². The van der Waals surface area contributed by atoms with E-state index >= 15 is 0 Å². The minimum absolute atomic E-state index is 0.118. The van der Waals surface area contributed by atoms with Gasteiger partial charge in [-0.25, -0.2) is 17.2 Å². The number of hydrogen-bond acceptors (Lipinski definition) is 4. The fraction of sp³-hybridized carbons (Fsp3) is 0.316. The molecule has 0 aromatic heterocycles. The Morgan fingerprint density at radius 2 is 1.97 bits per heavy atom. The van der Waals surface area contributed by atoms with Crippen LogP contribution in [-0.2, 0) is 21.4 Å². The molecule has 10 heteroatoms. The van der Waals surface area contributed by atoms with Crippen molar-refractivity contribution in [1.29, 1.82) is 0 Å². The van der Waals surface area contributed by atoms with Gasteiger partial charge in [0.15, 0.2) is 0 Å². The number of ether oxygens (including phenoxy) is 1. The number of carbonyl (C=O) groups excluding carboxylic acids is 1. The molecule has 1 fully saturated rings. The highest BCUT2D eigenvalue weighted by Crippen LogP contribution is 2.28. The van der Waals surface area contributed by atoms with E-state index in [1.807, 2.05) is 0 Å². The third-order valence-corrected chi connectivity index (χ3v) is 6.91. The molecule has 2 aromatic carbocycles. The third kappa shape index (κ3) is 4.93. The normalized spacial score (nSPS) is 19.9. The lowest BCUT2D eigenvalue weighted by Crippen LogP contribution is -2.45. The van der Waals surface area contributed by atoms with Crippen LogP contribution >= 0.6 is 15.9 Å². The zero-order chi connectivity index (χ0) is 21.2. The minimum Gasteiger partial charge on any atom is -0.497 e. The van der Waals surface area contributed by atoms with Crippen LogP contribution in [0.4, 0.5) is 8.78 Å². The molecular weight excluding hydrogens is 470 g/mol. The summed E-state index contributed by atoms with van der Waals surface area (Å²) in [5.41, 5.74) is 0.729. The second-order valence-electron chi connectivity index (χ2n) is 6.59. The van der Waals surface area contributed by atoms with Crippen LogP contribution < -0.4 is 10.1 Å². The fourth-order valence-corrected chi connectivity index (χ4v) is 5.30. The molecule has 0 spiro atoms. The lowest BCUT2D eigenvalue weighted by molar-refractivity contribution is -0.124. The van der Waals surface area contributed by atoms with Gasteiger partial charge in [-0.15, -0.1) is 0 Å². The van der Waals surface area contributed by atoms with E-state index in [4.69, 9.17) is 4.74 Å². The van der Waals surface area contributed by atoms with Gasteiger partial charge >= 0.3 is 0 Å². The topological polar surface area (TPSA) is 75.7 Å². The molecule has 1 N–H and O–H groups in total. The van der Waals surface area contributed by atoms with Gasteiger partial charge in [-0.05, 0) is 48.0 Å². The van der Waals surface area contributed by atoms with Crippen LogP contribution in [0.3, 0.4) is 0 Å². The van der Waals surface area contributed by atoms with Crippen molar-refractivity contribution in [3.05, 3.63) is 58.3 Å². The second-order valence-corrected chi connectivity index (χ2v) is 9.40. The molecule has 1 aliphatic rings. The van der Waals surface area contributed by atoms with Crippen molar-refractivity contribution in [3.63, 3.8) is 0 Å². The molecule has 3 rings (SSSR count). The predicted molar refractivity (Wildman–Crippen MR) is 106 cm³/mol. The van der Waals surface area contributed by atoms with E-state index in [0.29, 0.717) is 5.75 Å². The highest BCUT2D eigenvalue weighted by Gasteiger charge is 2.44. The van der Waals surface area contributed by atoms with E-state index < -0.39 is 40.5 Å². The van der Waals surface area contributed by atoms with E-state index in [-0.39, 0.29) is 17.9 Å². The van der Waals surface area contributed by atoms with Gasteiger partial charge in [0.2, 0.25) is 15.9 Å². The Hall–Kier alpha value is -2.04. The van der Waals surface area contributed by atoms with E-state index in [2.05, 4.69) is 21.2 Å². The first-order valence-corrected chi connectivity index (χ1v) is 11.0. The Balaban J connectivity index is 1.76. The number of nitrogens with zero attached hydrogens (tertiary/aromatic N) is 1. The fourth-order valence-electron chi connectivity index (χ4n) is 3.15. The molecule has 1 amide bonds. The Morgan fingerprint density at radius 1 is 1.28 bits per heavy atom. The molecule has 0 radical (unpaired) electrons. The van der Waals surface area contributed by atoms with Crippen LogP contribution in [0.1, 0.15) is 12.0 Å². The number of hydrogen-bond donors (Lipinski definition) is 1. The average molecular weight is 489 g/mol. The van der Waals surface area contributed by atoms with Gasteiger partial charge in [0.05, 0.1) is 12.0 Å². The summed E-state index contributed by atoms with van der Waals surface area (Å²) in [7, 11) is -2.63. The van der Waals surface area contributed by atoms with Crippen molar-refractivity contribution < 1.29 is 26.7 Å². The van der Waals surface area contributed by atoms with Crippen molar-refractivity contribution in [2.45, 2.75) is 30.1 Å². The summed E-state index contributed by atoms with van der Waals surface area (Å²) in [6.07, 6.45) is -1.71. The summed E-state index contributed by atoms with van der Waals surface area (Å²) in [6, 6.07) is 8.28. The van der Waals surface area contributed by atoms with E-state index in [0.717, 1.165) is 38.6 Å². The smallest absolute Gasteiger partial charge is 0.243 e. The molecule has 0 aliphatic carbocycles. The van der Waals surface area contributed by atoms with Gasteiger partial charge < -0.3 is 10.1 Å². The Labute approximate surface area is 176 Å². The molecule has 0 saturated carbocycles. The van der Waals surface area contributed by atoms with Gasteiger partial charge in [-0.3, -0.25) is 4.79 Å². The van der Waals surface area contributed by atoms with E-state index in [1.165, 1.54) is 7.11 Å². The number of alkyl halides is 1. The molecule has 156 valence electrons. The van der Waals surface area contributed by atoms with Crippen LogP contribution in [-0.4, -0.2) is 44.5 Å². The molecule has 1 aliphatic heterocycles. The highest BCUT2D eigenvalue weighted by molar-refractivity contribution is 9.10. The minimum atomic E-state index is -4.14. The summed E-state index contributed by atoms with van der Waals surface area (Å²) in [6.45, 7) is -0.310. The lowest BCUT2D eigenvalue weighted by Gasteiger charge is -2.23. The average Bonchev–Trinajstić information content (AvgIpc) is 3.08. The van der Waals surface area contributed by atoms with Crippen molar-refractivity contribution in [2.24, 2.45) is 0 Å². The van der Waals surface area contributed by atoms with Crippen LogP contribution in [0.5, 0.6) is 5.75 Å². The number of benzene rings is 2. The van der Waals surface area contributed by atoms with Crippen molar-refractivity contribution in [1.82, 2.24) is 9.62 Å². The number of carbonyl (C=O) groups is 1. The summed E-state index contributed by atoms with van der Waals surface area (Å²) in [5.74, 6) is -0.601.